The molecule has 2 aliphatic heterocycles. The summed E-state index contributed by atoms with van der Waals surface area (Å²) >= 11 is 0. The summed E-state index contributed by atoms with van der Waals surface area (Å²) in [4.78, 5) is 6.67. The highest BCUT2D eigenvalue weighted by atomic mass is 15.2. The molecule has 0 radical (unpaired) electrons. The molecule has 1 N–H and O–H groups in total. The molecule has 3 rings (SSSR count). The summed E-state index contributed by atoms with van der Waals surface area (Å²) in [5.74, 6) is 1.72. The van der Waals surface area contributed by atoms with E-state index in [-0.39, 0.29) is 0 Å². The lowest BCUT2D eigenvalue weighted by Gasteiger charge is -2.21. The van der Waals surface area contributed by atoms with Crippen LogP contribution in [-0.2, 0) is 0 Å². The van der Waals surface area contributed by atoms with Crippen molar-refractivity contribution in [2.75, 3.05) is 31.1 Å². The van der Waals surface area contributed by atoms with Crippen LogP contribution in [0.2, 0.25) is 0 Å². The first-order valence-corrected chi connectivity index (χ1v) is 5.71. The van der Waals surface area contributed by atoms with Crippen LogP contribution in [-0.4, -0.2) is 31.2 Å². The van der Waals surface area contributed by atoms with Crippen LogP contribution < -0.4 is 10.2 Å². The molecule has 3 heterocycles. The molecule has 2 atom stereocenters. The van der Waals surface area contributed by atoms with Crippen LogP contribution in [0.15, 0.2) is 18.5 Å². The Morgan fingerprint density at radius 1 is 1.33 bits per heavy atom. The third-order valence-corrected chi connectivity index (χ3v) is 3.72. The van der Waals surface area contributed by atoms with Crippen molar-refractivity contribution in [2.45, 2.75) is 6.92 Å². The number of pyridine rings is 1. The van der Waals surface area contributed by atoms with Crippen LogP contribution in [0, 0.1) is 18.8 Å². The van der Waals surface area contributed by atoms with Crippen LogP contribution >= 0.6 is 0 Å². The standard InChI is InChI=1S/C12H17N3/c1-9-4-13-3-2-12(9)15-7-10-5-14-6-11(10)8-15/h2-4,10-11,14H,5-8H2,1H3/t10-,11+. The topological polar surface area (TPSA) is 28.2 Å². The lowest BCUT2D eigenvalue weighted by atomic mass is 10.0. The Balaban J connectivity index is 1.82. The number of hydrogen-bond acceptors (Lipinski definition) is 3. The maximum Gasteiger partial charge on any atom is 0.0427 e. The molecule has 2 aliphatic rings. The summed E-state index contributed by atoms with van der Waals surface area (Å²) < 4.78 is 0. The molecule has 0 saturated carbocycles. The average molecular weight is 203 g/mol. The molecular formula is C12H17N3. The van der Waals surface area contributed by atoms with Crippen molar-refractivity contribution < 1.29 is 0 Å². The van der Waals surface area contributed by atoms with Gasteiger partial charge in [-0.15, -0.1) is 0 Å². The number of aromatic nitrogens is 1. The molecule has 1 aromatic heterocycles. The molecule has 80 valence electrons. The highest BCUT2D eigenvalue weighted by Crippen LogP contribution is 2.31. The zero-order valence-electron chi connectivity index (χ0n) is 9.11. The second-order valence-electron chi connectivity index (χ2n) is 4.75. The van der Waals surface area contributed by atoms with Crippen molar-refractivity contribution in [2.24, 2.45) is 11.8 Å². The van der Waals surface area contributed by atoms with Crippen molar-refractivity contribution in [1.82, 2.24) is 10.3 Å². The van der Waals surface area contributed by atoms with E-state index in [0.29, 0.717) is 0 Å². The smallest absolute Gasteiger partial charge is 0.0427 e. The molecule has 0 aromatic carbocycles. The lowest BCUT2D eigenvalue weighted by Crippen LogP contribution is -2.25. The summed E-state index contributed by atoms with van der Waals surface area (Å²) in [6.45, 7) is 6.97. The Hall–Kier alpha value is -1.09. The van der Waals surface area contributed by atoms with Crippen LogP contribution in [0.4, 0.5) is 5.69 Å². The lowest BCUT2D eigenvalue weighted by molar-refractivity contribution is 0.533. The number of nitrogens with one attached hydrogen (secondary N) is 1. The van der Waals surface area contributed by atoms with Gasteiger partial charge in [-0.25, -0.2) is 0 Å². The van der Waals surface area contributed by atoms with Gasteiger partial charge in [-0.2, -0.15) is 0 Å². The van der Waals surface area contributed by atoms with E-state index in [1.54, 1.807) is 0 Å². The van der Waals surface area contributed by atoms with Gasteiger partial charge in [0.25, 0.3) is 0 Å². The van der Waals surface area contributed by atoms with Gasteiger partial charge in [0.2, 0.25) is 0 Å². The number of nitrogens with zero attached hydrogens (tertiary/aromatic N) is 2. The summed E-state index contributed by atoms with van der Waals surface area (Å²) in [7, 11) is 0. The third-order valence-electron chi connectivity index (χ3n) is 3.72. The Morgan fingerprint density at radius 2 is 2.07 bits per heavy atom. The largest absolute Gasteiger partial charge is 0.371 e. The molecule has 3 nitrogen and oxygen atoms in total. The molecule has 3 heteroatoms. The zero-order valence-corrected chi connectivity index (χ0v) is 9.11. The fourth-order valence-corrected chi connectivity index (χ4v) is 2.87. The Bertz CT molecular complexity index is 352. The number of anilines is 1. The van der Waals surface area contributed by atoms with E-state index in [4.69, 9.17) is 0 Å². The number of fused-ring (bicyclic) bond motifs is 1. The van der Waals surface area contributed by atoms with Gasteiger partial charge < -0.3 is 10.2 Å². The molecule has 0 bridgehead atoms. The summed E-state index contributed by atoms with van der Waals surface area (Å²) in [5.41, 5.74) is 2.67. The maximum absolute atomic E-state index is 4.15. The van der Waals surface area contributed by atoms with Crippen molar-refractivity contribution >= 4 is 5.69 Å². The van der Waals surface area contributed by atoms with E-state index >= 15 is 0 Å². The van der Waals surface area contributed by atoms with E-state index in [1.165, 1.54) is 37.4 Å². The van der Waals surface area contributed by atoms with Crippen LogP contribution in [0.25, 0.3) is 0 Å². The average Bonchev–Trinajstić information content (AvgIpc) is 2.77. The Kier molecular flexibility index (Phi) is 2.13. The number of aryl methyl sites for hydroxylation is 1. The van der Waals surface area contributed by atoms with E-state index in [9.17, 15) is 0 Å². The molecule has 0 amide bonds. The van der Waals surface area contributed by atoms with Crippen molar-refractivity contribution in [1.29, 1.82) is 0 Å². The van der Waals surface area contributed by atoms with Gasteiger partial charge >= 0.3 is 0 Å². The van der Waals surface area contributed by atoms with E-state index in [1.807, 2.05) is 12.4 Å². The van der Waals surface area contributed by atoms with Crippen molar-refractivity contribution in [3.63, 3.8) is 0 Å². The minimum atomic E-state index is 0.859. The van der Waals surface area contributed by atoms with Gasteiger partial charge in [0.1, 0.15) is 0 Å². The molecule has 15 heavy (non-hydrogen) atoms. The first-order valence-electron chi connectivity index (χ1n) is 5.71. The minimum absolute atomic E-state index is 0.859. The van der Waals surface area contributed by atoms with Crippen molar-refractivity contribution in [3.8, 4) is 0 Å². The molecular weight excluding hydrogens is 186 g/mol. The van der Waals surface area contributed by atoms with Gasteiger partial charge in [-0.05, 0) is 30.4 Å². The summed E-state index contributed by atoms with van der Waals surface area (Å²) in [6.07, 6.45) is 3.86. The SMILES string of the molecule is Cc1cnccc1N1C[C@H]2CNC[C@H]2C1. The fourth-order valence-electron chi connectivity index (χ4n) is 2.87. The maximum atomic E-state index is 4.15. The first kappa shape index (κ1) is 9.16. The monoisotopic (exact) mass is 203 g/mol. The Labute approximate surface area is 90.5 Å². The second kappa shape index (κ2) is 3.49. The fraction of sp³-hybridized carbons (Fsp3) is 0.583. The third kappa shape index (κ3) is 1.51. The molecule has 1 aromatic rings. The highest BCUT2D eigenvalue weighted by Gasteiger charge is 2.36. The number of hydrogen-bond donors (Lipinski definition) is 1. The molecule has 2 fully saturated rings. The summed E-state index contributed by atoms with van der Waals surface area (Å²) in [6, 6.07) is 2.14. The van der Waals surface area contributed by atoms with E-state index in [0.717, 1.165) is 11.8 Å². The predicted octanol–water partition coefficient (Wildman–Crippen LogP) is 1.05. The first-order chi connectivity index (χ1) is 7.34. The van der Waals surface area contributed by atoms with E-state index < -0.39 is 0 Å². The summed E-state index contributed by atoms with van der Waals surface area (Å²) in [5, 5.41) is 3.47. The van der Waals surface area contributed by atoms with Crippen molar-refractivity contribution in [3.05, 3.63) is 24.0 Å². The van der Waals surface area contributed by atoms with Crippen LogP contribution in [0.5, 0.6) is 0 Å². The van der Waals surface area contributed by atoms with Gasteiger partial charge in [-0.3, -0.25) is 4.98 Å². The highest BCUT2D eigenvalue weighted by molar-refractivity contribution is 5.52. The molecule has 0 unspecified atom stereocenters. The van der Waals surface area contributed by atoms with Gasteiger partial charge in [0, 0.05) is 44.3 Å². The predicted molar refractivity (Wildman–Crippen MR) is 61.0 cm³/mol. The minimum Gasteiger partial charge on any atom is -0.371 e. The van der Waals surface area contributed by atoms with Crippen LogP contribution in [0.3, 0.4) is 0 Å². The molecule has 2 saturated heterocycles. The number of rotatable bonds is 1. The quantitative estimate of drug-likeness (QED) is 0.739. The van der Waals surface area contributed by atoms with Gasteiger partial charge in [0.15, 0.2) is 0 Å². The van der Waals surface area contributed by atoms with Crippen LogP contribution in [0.1, 0.15) is 5.56 Å². The van der Waals surface area contributed by atoms with Gasteiger partial charge in [0.05, 0.1) is 0 Å². The van der Waals surface area contributed by atoms with E-state index in [2.05, 4.69) is 28.2 Å². The normalized spacial score (nSPS) is 29.5. The Morgan fingerprint density at radius 3 is 2.73 bits per heavy atom. The molecule has 0 aliphatic carbocycles. The van der Waals surface area contributed by atoms with Gasteiger partial charge in [-0.1, -0.05) is 0 Å². The molecule has 0 spiro atoms. The second-order valence-corrected chi connectivity index (χ2v) is 4.75. The zero-order chi connectivity index (χ0) is 10.3.